The second kappa shape index (κ2) is 8.31. The largest absolute Gasteiger partial charge is 0.390 e. The second-order valence-corrected chi connectivity index (χ2v) is 10.3. The van der Waals surface area contributed by atoms with E-state index >= 15 is 0 Å². The van der Waals surface area contributed by atoms with Gasteiger partial charge in [0.05, 0.1) is 23.1 Å². The third-order valence-corrected chi connectivity index (χ3v) is 7.17. The number of nitrogens with one attached hydrogen (secondary N) is 3. The van der Waals surface area contributed by atoms with E-state index in [0.717, 1.165) is 36.6 Å². The Kier molecular flexibility index (Phi) is 5.56. The number of amides is 2. The lowest BCUT2D eigenvalue weighted by molar-refractivity contribution is -0.136. The van der Waals surface area contributed by atoms with E-state index < -0.39 is 17.4 Å². The lowest BCUT2D eigenvalue weighted by atomic mass is 9.59. The van der Waals surface area contributed by atoms with Crippen LogP contribution in [-0.2, 0) is 19.9 Å². The molecule has 5 rings (SSSR count). The Bertz CT molecular complexity index is 1230. The number of methoxy groups -OCH3 is 1. The summed E-state index contributed by atoms with van der Waals surface area (Å²) in [5, 5.41) is 29.3. The van der Waals surface area contributed by atoms with Crippen LogP contribution in [-0.4, -0.2) is 67.7 Å². The number of rotatable bonds is 5. The smallest absolute Gasteiger partial charge is 0.314 e. The summed E-state index contributed by atoms with van der Waals surface area (Å²) in [7, 11) is 1.52. The van der Waals surface area contributed by atoms with Gasteiger partial charge in [0.25, 0.3) is 0 Å². The number of anilines is 1. The topological polar surface area (TPSA) is 147 Å². The van der Waals surface area contributed by atoms with Gasteiger partial charge >= 0.3 is 11.8 Å². The minimum Gasteiger partial charge on any atom is -0.390 e. The Labute approximate surface area is 196 Å². The molecule has 0 saturated heterocycles. The summed E-state index contributed by atoms with van der Waals surface area (Å²) in [6.07, 6.45) is 5.59. The number of hydrogen-bond acceptors (Lipinski definition) is 7. The Morgan fingerprint density at radius 1 is 1.21 bits per heavy atom. The van der Waals surface area contributed by atoms with E-state index in [1.807, 2.05) is 6.07 Å². The Morgan fingerprint density at radius 3 is 2.65 bits per heavy atom. The van der Waals surface area contributed by atoms with Crippen molar-refractivity contribution in [2.24, 2.45) is 11.8 Å². The molecule has 2 aliphatic rings. The van der Waals surface area contributed by atoms with Crippen molar-refractivity contribution in [2.75, 3.05) is 25.6 Å². The van der Waals surface area contributed by atoms with Gasteiger partial charge in [-0.1, -0.05) is 13.8 Å². The highest BCUT2D eigenvalue weighted by molar-refractivity contribution is 6.40. The molecule has 2 amide bonds. The average molecular weight is 470 g/mol. The maximum Gasteiger partial charge on any atom is 0.314 e. The lowest BCUT2D eigenvalue weighted by Gasteiger charge is -2.54. The number of carbonyl (C=O) groups excluding carboxylic acids is 2. The molecule has 3 heterocycles. The van der Waals surface area contributed by atoms with Gasteiger partial charge in [-0.3, -0.25) is 19.4 Å². The van der Waals surface area contributed by atoms with E-state index in [1.165, 1.54) is 7.11 Å². The summed E-state index contributed by atoms with van der Waals surface area (Å²) in [4.78, 5) is 29.2. The molecule has 2 bridgehead atoms. The van der Waals surface area contributed by atoms with Crippen LogP contribution in [0.5, 0.6) is 0 Å². The number of hydrogen-bond donors (Lipinski definition) is 4. The minimum atomic E-state index is -0.808. The molecule has 2 saturated carbocycles. The van der Waals surface area contributed by atoms with Crippen LogP contribution < -0.4 is 10.6 Å². The molecular formula is C23H31N7O4. The van der Waals surface area contributed by atoms with E-state index in [9.17, 15) is 14.7 Å². The van der Waals surface area contributed by atoms with Crippen molar-refractivity contribution in [1.29, 1.82) is 0 Å². The first-order chi connectivity index (χ1) is 16.2. The van der Waals surface area contributed by atoms with Crippen LogP contribution in [0.1, 0.15) is 46.0 Å². The summed E-state index contributed by atoms with van der Waals surface area (Å²) in [6.45, 7) is 4.88. The molecule has 0 radical (unpaired) electrons. The fourth-order valence-corrected chi connectivity index (χ4v) is 6.51. The number of ether oxygens (including phenoxy) is 1. The highest BCUT2D eigenvalue weighted by Gasteiger charge is 2.53. The highest BCUT2D eigenvalue weighted by atomic mass is 16.5. The number of fused-ring (bicyclic) bond motifs is 5. The Morgan fingerprint density at radius 2 is 1.94 bits per heavy atom. The summed E-state index contributed by atoms with van der Waals surface area (Å²) < 4.78 is 6.97. The zero-order chi connectivity index (χ0) is 24.1. The van der Waals surface area contributed by atoms with Gasteiger partial charge < -0.3 is 20.5 Å². The lowest BCUT2D eigenvalue weighted by Crippen LogP contribution is -2.55. The molecule has 0 aromatic carbocycles. The maximum absolute atomic E-state index is 12.6. The molecule has 11 nitrogen and oxygen atoms in total. The van der Waals surface area contributed by atoms with Crippen molar-refractivity contribution in [3.63, 3.8) is 0 Å². The van der Waals surface area contributed by atoms with Gasteiger partial charge in [-0.2, -0.15) is 0 Å². The Hall–Kier alpha value is -3.05. The first-order valence-electron chi connectivity index (χ1n) is 11.8. The van der Waals surface area contributed by atoms with Crippen molar-refractivity contribution >= 4 is 39.7 Å². The monoisotopic (exact) mass is 469 g/mol. The molecule has 2 fully saturated rings. The van der Waals surface area contributed by atoms with Gasteiger partial charge in [0.1, 0.15) is 5.52 Å². The first-order valence-corrected chi connectivity index (χ1v) is 11.8. The van der Waals surface area contributed by atoms with Crippen molar-refractivity contribution in [3.05, 3.63) is 12.3 Å². The number of carbonyl (C=O) groups is 2. The summed E-state index contributed by atoms with van der Waals surface area (Å²) in [5.74, 6) is -0.626. The van der Waals surface area contributed by atoms with Crippen molar-refractivity contribution in [3.8, 4) is 0 Å². The summed E-state index contributed by atoms with van der Waals surface area (Å²) >= 11 is 0. The highest BCUT2D eigenvalue weighted by Crippen LogP contribution is 2.54. The fourth-order valence-electron chi connectivity index (χ4n) is 6.51. The normalized spacial score (nSPS) is 28.8. The third-order valence-electron chi connectivity index (χ3n) is 7.17. The zero-order valence-electron chi connectivity index (χ0n) is 19.7. The van der Waals surface area contributed by atoms with Gasteiger partial charge in [-0.05, 0) is 43.6 Å². The van der Waals surface area contributed by atoms with Gasteiger partial charge in [0.15, 0.2) is 17.0 Å². The molecule has 182 valence electrons. The van der Waals surface area contributed by atoms with Crippen molar-refractivity contribution < 1.29 is 19.4 Å². The van der Waals surface area contributed by atoms with Crippen LogP contribution in [0, 0.1) is 11.8 Å². The van der Waals surface area contributed by atoms with Crippen LogP contribution in [0.2, 0.25) is 0 Å². The van der Waals surface area contributed by atoms with Crippen molar-refractivity contribution in [2.45, 2.75) is 57.1 Å². The molecule has 0 spiro atoms. The van der Waals surface area contributed by atoms with Crippen LogP contribution >= 0.6 is 0 Å². The molecule has 3 aromatic rings. The van der Waals surface area contributed by atoms with E-state index in [4.69, 9.17) is 4.74 Å². The van der Waals surface area contributed by atoms with Crippen LogP contribution in [0.4, 0.5) is 5.82 Å². The maximum atomic E-state index is 12.6. The molecule has 3 aromatic heterocycles. The fraction of sp³-hybridized carbons (Fsp3) is 0.609. The number of aliphatic hydroxyl groups is 1. The van der Waals surface area contributed by atoms with Crippen molar-refractivity contribution in [1.82, 2.24) is 30.3 Å². The average Bonchev–Trinajstić information content (AvgIpc) is 3.36. The number of aromatic nitrogens is 5. The summed E-state index contributed by atoms with van der Waals surface area (Å²) in [6, 6.07) is 1.88. The minimum absolute atomic E-state index is 0.227. The number of nitrogens with zero attached hydrogens (tertiary/aromatic N) is 4. The number of H-pyrrole nitrogens is 1. The van der Waals surface area contributed by atoms with Crippen LogP contribution in [0.25, 0.3) is 22.1 Å². The molecule has 4 atom stereocenters. The standard InChI is InChI=1S/C23H31N7O4/c1-13-8-22(9-14(2)11-23(33,10-13)12-22)30-17-15-4-5-24-18(15)28-27-16(17)19(29-30)26-21(32)20(31)25-6-7-34-3/h4-5,13-14,29,33H,6-12H2,1-3H3,(H,25,31)(H,26,32)/t13-,14+,22?,23?. The number of aromatic amines is 1. The third kappa shape index (κ3) is 3.82. The van der Waals surface area contributed by atoms with E-state index in [-0.39, 0.29) is 12.1 Å². The molecule has 4 N–H and O–H groups in total. The molecule has 11 heteroatoms. The van der Waals surface area contributed by atoms with E-state index in [2.05, 4.69) is 49.4 Å². The molecular weight excluding hydrogens is 438 g/mol. The quantitative estimate of drug-likeness (QED) is 0.328. The van der Waals surface area contributed by atoms with Gasteiger partial charge in [-0.25, -0.2) is 4.98 Å². The molecule has 2 aliphatic carbocycles. The van der Waals surface area contributed by atoms with Crippen LogP contribution in [0.15, 0.2) is 12.3 Å². The SMILES string of the molecule is COCCNC(=O)C(=O)Nc1[nH]n(C23C[C@H](C)CC(O)(C[C@H](C)C2)C3)c2c1nnc1nccc12. The molecule has 34 heavy (non-hydrogen) atoms. The zero-order valence-corrected chi connectivity index (χ0v) is 19.7. The molecule has 0 aliphatic heterocycles. The molecule has 2 unspecified atom stereocenters. The van der Waals surface area contributed by atoms with E-state index in [0.29, 0.717) is 41.8 Å². The first kappa shape index (κ1) is 22.7. The predicted molar refractivity (Wildman–Crippen MR) is 125 cm³/mol. The predicted octanol–water partition coefficient (Wildman–Crippen LogP) is 1.68. The van der Waals surface area contributed by atoms with E-state index in [1.54, 1.807) is 6.20 Å². The van der Waals surface area contributed by atoms with Gasteiger partial charge in [0.2, 0.25) is 0 Å². The Balaban J connectivity index is 1.60. The van der Waals surface area contributed by atoms with Gasteiger partial charge in [-0.15, -0.1) is 10.2 Å². The summed E-state index contributed by atoms with van der Waals surface area (Å²) in [5.41, 5.74) is 0.596. The second-order valence-electron chi connectivity index (χ2n) is 10.3. The van der Waals surface area contributed by atoms with Crippen LogP contribution in [0.3, 0.4) is 0 Å². The van der Waals surface area contributed by atoms with Gasteiger partial charge in [0, 0.05) is 26.3 Å².